The fourth-order valence-corrected chi connectivity index (χ4v) is 5.18. The molecule has 138 valence electrons. The minimum absolute atomic E-state index is 0.0165. The fraction of sp³-hybridized carbons (Fsp3) is 0.588. The van der Waals surface area contributed by atoms with E-state index >= 15 is 0 Å². The number of amides is 1. The summed E-state index contributed by atoms with van der Waals surface area (Å²) in [7, 11) is -3.07. The summed E-state index contributed by atoms with van der Waals surface area (Å²) >= 11 is 5.91. The van der Waals surface area contributed by atoms with Gasteiger partial charge in [0.25, 0.3) is 5.91 Å². The third-order valence-electron chi connectivity index (χ3n) is 4.55. The molecule has 2 saturated heterocycles. The number of hydrogen-bond acceptors (Lipinski definition) is 5. The number of ether oxygens (including phenoxy) is 2. The van der Waals surface area contributed by atoms with E-state index in [0.29, 0.717) is 30.3 Å². The molecule has 6 nitrogen and oxygen atoms in total. The fourth-order valence-electron chi connectivity index (χ4n) is 3.27. The highest BCUT2D eigenvalue weighted by molar-refractivity contribution is 7.91. The summed E-state index contributed by atoms with van der Waals surface area (Å²) in [6, 6.07) is 6.53. The average Bonchev–Trinajstić information content (AvgIpc) is 3.19. The van der Waals surface area contributed by atoms with Crippen molar-refractivity contribution in [3.05, 3.63) is 29.3 Å². The van der Waals surface area contributed by atoms with Gasteiger partial charge in [-0.1, -0.05) is 17.7 Å². The maximum Gasteiger partial charge on any atom is 0.260 e. The van der Waals surface area contributed by atoms with Gasteiger partial charge in [-0.15, -0.1) is 0 Å². The average molecular weight is 388 g/mol. The van der Waals surface area contributed by atoms with Gasteiger partial charge in [-0.2, -0.15) is 0 Å². The number of hydrogen-bond donors (Lipinski definition) is 0. The van der Waals surface area contributed by atoms with Crippen LogP contribution < -0.4 is 4.74 Å². The summed E-state index contributed by atoms with van der Waals surface area (Å²) in [6.45, 7) is 0.955. The standard InChI is InChI=1S/C17H22ClNO5S/c18-13-3-1-4-15(9-13)24-11-17(20)19(10-16-5-2-7-23-16)14-6-8-25(21,22)12-14/h1,3-4,9,14,16H,2,5-8,10-12H2/t14-,16-/m1/s1. The zero-order valence-corrected chi connectivity index (χ0v) is 15.5. The van der Waals surface area contributed by atoms with E-state index in [1.807, 2.05) is 0 Å². The third kappa shape index (κ3) is 5.09. The number of nitrogens with zero attached hydrogens (tertiary/aromatic N) is 1. The van der Waals surface area contributed by atoms with Crippen LogP contribution in [-0.2, 0) is 19.4 Å². The maximum atomic E-state index is 12.7. The minimum Gasteiger partial charge on any atom is -0.484 e. The smallest absolute Gasteiger partial charge is 0.260 e. The first-order valence-corrected chi connectivity index (χ1v) is 10.6. The van der Waals surface area contributed by atoms with Crippen molar-refractivity contribution < 1.29 is 22.7 Å². The highest BCUT2D eigenvalue weighted by Crippen LogP contribution is 2.22. The molecule has 2 atom stereocenters. The molecule has 0 radical (unpaired) electrons. The first kappa shape index (κ1) is 18.5. The number of carbonyl (C=O) groups is 1. The van der Waals surface area contributed by atoms with E-state index < -0.39 is 9.84 Å². The molecule has 8 heteroatoms. The van der Waals surface area contributed by atoms with E-state index in [0.717, 1.165) is 12.8 Å². The van der Waals surface area contributed by atoms with Crippen LogP contribution in [0.1, 0.15) is 19.3 Å². The first-order valence-electron chi connectivity index (χ1n) is 8.43. The Balaban J connectivity index is 1.65. The van der Waals surface area contributed by atoms with Crippen LogP contribution in [0.4, 0.5) is 0 Å². The molecule has 1 aromatic carbocycles. The molecule has 2 aliphatic heterocycles. The number of sulfone groups is 1. The van der Waals surface area contributed by atoms with Crippen LogP contribution in [0.3, 0.4) is 0 Å². The summed E-state index contributed by atoms with van der Waals surface area (Å²) in [5.74, 6) is 0.430. The Kier molecular flexibility index (Phi) is 5.86. The molecule has 2 fully saturated rings. The van der Waals surface area contributed by atoms with Gasteiger partial charge in [-0.3, -0.25) is 4.79 Å². The molecule has 25 heavy (non-hydrogen) atoms. The zero-order valence-electron chi connectivity index (χ0n) is 13.9. The molecule has 0 unspecified atom stereocenters. The predicted molar refractivity (Wildman–Crippen MR) is 94.7 cm³/mol. The summed E-state index contributed by atoms with van der Waals surface area (Å²) < 4.78 is 34.8. The molecule has 1 aromatic rings. The third-order valence-corrected chi connectivity index (χ3v) is 6.54. The Bertz CT molecular complexity index is 718. The van der Waals surface area contributed by atoms with Gasteiger partial charge in [0.2, 0.25) is 0 Å². The highest BCUT2D eigenvalue weighted by atomic mass is 35.5. The molecule has 2 aliphatic rings. The lowest BCUT2D eigenvalue weighted by molar-refractivity contribution is -0.137. The van der Waals surface area contributed by atoms with Crippen LogP contribution in [0.2, 0.25) is 5.02 Å². The van der Waals surface area contributed by atoms with E-state index in [1.54, 1.807) is 29.2 Å². The van der Waals surface area contributed by atoms with E-state index in [9.17, 15) is 13.2 Å². The van der Waals surface area contributed by atoms with Crippen molar-refractivity contribution >= 4 is 27.3 Å². The van der Waals surface area contributed by atoms with Crippen molar-refractivity contribution in [1.29, 1.82) is 0 Å². The van der Waals surface area contributed by atoms with Crippen molar-refractivity contribution in [1.82, 2.24) is 4.90 Å². The predicted octanol–water partition coefficient (Wildman–Crippen LogP) is 1.91. The number of halogens is 1. The van der Waals surface area contributed by atoms with Gasteiger partial charge in [0.05, 0.1) is 17.6 Å². The normalized spacial score (nSPS) is 25.0. The van der Waals surface area contributed by atoms with Crippen molar-refractivity contribution in [2.24, 2.45) is 0 Å². The monoisotopic (exact) mass is 387 g/mol. The van der Waals surface area contributed by atoms with Gasteiger partial charge < -0.3 is 14.4 Å². The van der Waals surface area contributed by atoms with Gasteiger partial charge in [-0.05, 0) is 37.5 Å². The Morgan fingerprint density at radius 2 is 2.20 bits per heavy atom. The van der Waals surface area contributed by atoms with E-state index in [-0.39, 0.29) is 36.2 Å². The Labute approximate surface area is 153 Å². The quantitative estimate of drug-likeness (QED) is 0.745. The van der Waals surface area contributed by atoms with Crippen molar-refractivity contribution in [3.63, 3.8) is 0 Å². The summed E-state index contributed by atoms with van der Waals surface area (Å²) in [5.41, 5.74) is 0. The van der Waals surface area contributed by atoms with Crippen LogP contribution in [0.15, 0.2) is 24.3 Å². The molecular weight excluding hydrogens is 366 g/mol. The largest absolute Gasteiger partial charge is 0.484 e. The Morgan fingerprint density at radius 1 is 1.36 bits per heavy atom. The van der Waals surface area contributed by atoms with E-state index in [4.69, 9.17) is 21.1 Å². The zero-order chi connectivity index (χ0) is 17.9. The van der Waals surface area contributed by atoms with Crippen LogP contribution in [0, 0.1) is 0 Å². The Hall–Kier alpha value is -1.31. The lowest BCUT2D eigenvalue weighted by Crippen LogP contribution is -2.47. The number of rotatable bonds is 6. The molecule has 2 heterocycles. The topological polar surface area (TPSA) is 72.9 Å². The minimum atomic E-state index is -3.07. The lowest BCUT2D eigenvalue weighted by Gasteiger charge is -2.30. The molecule has 0 spiro atoms. The van der Waals surface area contributed by atoms with E-state index in [1.165, 1.54) is 0 Å². The molecule has 0 aromatic heterocycles. The van der Waals surface area contributed by atoms with Crippen LogP contribution in [0.25, 0.3) is 0 Å². The van der Waals surface area contributed by atoms with Gasteiger partial charge in [-0.25, -0.2) is 8.42 Å². The Morgan fingerprint density at radius 3 is 2.84 bits per heavy atom. The van der Waals surface area contributed by atoms with Crippen LogP contribution in [-0.4, -0.2) is 62.6 Å². The summed E-state index contributed by atoms with van der Waals surface area (Å²) in [6.07, 6.45) is 2.30. The van der Waals surface area contributed by atoms with Gasteiger partial charge in [0, 0.05) is 24.2 Å². The summed E-state index contributed by atoms with van der Waals surface area (Å²) in [5, 5.41) is 0.531. The van der Waals surface area contributed by atoms with Gasteiger partial charge in [0.1, 0.15) is 5.75 Å². The summed E-state index contributed by atoms with van der Waals surface area (Å²) in [4.78, 5) is 14.3. The second-order valence-electron chi connectivity index (χ2n) is 6.48. The second kappa shape index (κ2) is 7.93. The van der Waals surface area contributed by atoms with Crippen LogP contribution >= 0.6 is 11.6 Å². The number of benzene rings is 1. The lowest BCUT2D eigenvalue weighted by atomic mass is 10.1. The molecule has 0 bridgehead atoms. The SMILES string of the molecule is O=C(COc1cccc(Cl)c1)N(C[C@H]1CCCO1)[C@@H]1CCS(=O)(=O)C1. The molecule has 1 amide bonds. The number of carbonyl (C=O) groups excluding carboxylic acids is 1. The van der Waals surface area contributed by atoms with Gasteiger partial charge in [0.15, 0.2) is 16.4 Å². The van der Waals surface area contributed by atoms with E-state index in [2.05, 4.69) is 0 Å². The van der Waals surface area contributed by atoms with Crippen LogP contribution in [0.5, 0.6) is 5.75 Å². The second-order valence-corrected chi connectivity index (χ2v) is 9.15. The van der Waals surface area contributed by atoms with Crippen molar-refractivity contribution in [2.75, 3.05) is 31.3 Å². The molecule has 3 rings (SSSR count). The first-order chi connectivity index (χ1) is 11.9. The van der Waals surface area contributed by atoms with Gasteiger partial charge >= 0.3 is 0 Å². The molecule has 0 aliphatic carbocycles. The highest BCUT2D eigenvalue weighted by Gasteiger charge is 2.36. The molecule has 0 N–H and O–H groups in total. The maximum absolute atomic E-state index is 12.7. The van der Waals surface area contributed by atoms with Crippen molar-refractivity contribution in [2.45, 2.75) is 31.4 Å². The molecule has 0 saturated carbocycles. The molecular formula is C17H22ClNO5S. The van der Waals surface area contributed by atoms with Crippen molar-refractivity contribution in [3.8, 4) is 5.75 Å².